The molecule has 0 unspecified atom stereocenters. The molecule has 2 amide bonds. The number of rotatable bonds is 4. The minimum absolute atomic E-state index is 0.103. The molecule has 0 aromatic heterocycles. The maximum absolute atomic E-state index is 14.4. The average Bonchev–Trinajstić information content (AvgIpc) is 2.99. The van der Waals surface area contributed by atoms with Crippen LogP contribution >= 0.6 is 0 Å². The van der Waals surface area contributed by atoms with Crippen molar-refractivity contribution in [3.8, 4) is 0 Å². The van der Waals surface area contributed by atoms with Crippen LogP contribution in [0.3, 0.4) is 0 Å². The highest BCUT2D eigenvalue weighted by Gasteiger charge is 2.43. The number of halogens is 1. The molecule has 4 rings (SSSR count). The maximum Gasteiger partial charge on any atom is 0.282 e. The summed E-state index contributed by atoms with van der Waals surface area (Å²) in [4.78, 5) is 39.7. The number of carbonyl (C=O) groups is 2. The zero-order chi connectivity index (χ0) is 20.5. The molecule has 1 saturated heterocycles. The van der Waals surface area contributed by atoms with E-state index in [1.807, 2.05) is 4.90 Å². The van der Waals surface area contributed by atoms with Gasteiger partial charge in [-0.3, -0.25) is 19.7 Å². The van der Waals surface area contributed by atoms with Gasteiger partial charge >= 0.3 is 0 Å². The Bertz CT molecular complexity index is 1030. The van der Waals surface area contributed by atoms with Crippen molar-refractivity contribution >= 4 is 28.8 Å². The van der Waals surface area contributed by atoms with Crippen LogP contribution in [0, 0.1) is 15.9 Å². The molecule has 2 heterocycles. The number of amides is 2. The third-order valence-electron chi connectivity index (χ3n) is 5.19. The zero-order valence-electron chi connectivity index (χ0n) is 15.5. The number of piperidine rings is 1. The normalized spacial score (nSPS) is 17.3. The molecule has 0 atom stereocenters. The number of hydrogen-bond acceptors (Lipinski definition) is 5. The minimum Gasteiger partial charge on any atom is -0.366 e. The maximum atomic E-state index is 14.4. The highest BCUT2D eigenvalue weighted by Crippen LogP contribution is 2.37. The van der Waals surface area contributed by atoms with Crippen molar-refractivity contribution in [3.63, 3.8) is 0 Å². The van der Waals surface area contributed by atoms with E-state index in [1.165, 1.54) is 42.5 Å². The van der Waals surface area contributed by atoms with Crippen LogP contribution in [0.15, 0.2) is 54.2 Å². The van der Waals surface area contributed by atoms with E-state index in [-0.39, 0.29) is 22.6 Å². The van der Waals surface area contributed by atoms with E-state index in [2.05, 4.69) is 0 Å². The third kappa shape index (κ3) is 3.26. The van der Waals surface area contributed by atoms with Crippen LogP contribution in [0.5, 0.6) is 0 Å². The second-order valence-electron chi connectivity index (χ2n) is 6.97. The number of nitrogens with zero attached hydrogens (tertiary/aromatic N) is 3. The molecule has 2 aromatic carbocycles. The molecule has 0 N–H and O–H groups in total. The lowest BCUT2D eigenvalue weighted by atomic mass is 10.0. The Morgan fingerprint density at radius 1 is 0.897 bits per heavy atom. The largest absolute Gasteiger partial charge is 0.366 e. The molecule has 148 valence electrons. The minimum atomic E-state index is -0.669. The highest BCUT2D eigenvalue weighted by atomic mass is 19.1. The number of carbonyl (C=O) groups excluding carboxylic acids is 2. The fourth-order valence-corrected chi connectivity index (χ4v) is 3.79. The van der Waals surface area contributed by atoms with Crippen LogP contribution in [0.4, 0.5) is 15.8 Å². The molecule has 0 aliphatic carbocycles. The number of nitro benzene ring substituents is 1. The second kappa shape index (κ2) is 7.46. The van der Waals surface area contributed by atoms with Gasteiger partial charge < -0.3 is 4.90 Å². The fraction of sp³-hybridized carbons (Fsp3) is 0.238. The second-order valence-corrected chi connectivity index (χ2v) is 6.97. The Morgan fingerprint density at radius 3 is 2.17 bits per heavy atom. The molecule has 0 spiro atoms. The van der Waals surface area contributed by atoms with Crippen molar-refractivity contribution in [1.29, 1.82) is 0 Å². The molecule has 1 fully saturated rings. The number of nitro groups is 1. The van der Waals surface area contributed by atoms with Gasteiger partial charge in [-0.1, -0.05) is 12.1 Å². The lowest BCUT2D eigenvalue weighted by Crippen LogP contribution is -2.37. The van der Waals surface area contributed by atoms with E-state index in [0.29, 0.717) is 18.7 Å². The lowest BCUT2D eigenvalue weighted by Gasteiger charge is -2.29. The summed E-state index contributed by atoms with van der Waals surface area (Å²) in [6.45, 7) is 1.24. The summed E-state index contributed by atoms with van der Waals surface area (Å²) >= 11 is 0. The first-order valence-corrected chi connectivity index (χ1v) is 9.36. The zero-order valence-corrected chi connectivity index (χ0v) is 15.5. The van der Waals surface area contributed by atoms with Crippen molar-refractivity contribution in [1.82, 2.24) is 4.90 Å². The van der Waals surface area contributed by atoms with Crippen molar-refractivity contribution in [2.45, 2.75) is 19.3 Å². The molecule has 0 bridgehead atoms. The molecular formula is C21H18FN3O4. The van der Waals surface area contributed by atoms with E-state index in [9.17, 15) is 24.1 Å². The predicted octanol–water partition coefficient (Wildman–Crippen LogP) is 3.50. The van der Waals surface area contributed by atoms with Gasteiger partial charge in [0, 0.05) is 25.2 Å². The Balaban J connectivity index is 1.83. The van der Waals surface area contributed by atoms with Gasteiger partial charge in [0.15, 0.2) is 0 Å². The van der Waals surface area contributed by atoms with E-state index in [0.717, 1.165) is 24.2 Å². The Labute approximate surface area is 166 Å². The van der Waals surface area contributed by atoms with Gasteiger partial charge in [-0.25, -0.2) is 9.29 Å². The smallest absolute Gasteiger partial charge is 0.282 e. The summed E-state index contributed by atoms with van der Waals surface area (Å²) in [6.07, 6.45) is 2.81. The summed E-state index contributed by atoms with van der Waals surface area (Å²) in [5.41, 5.74) is 0.556. The van der Waals surface area contributed by atoms with Gasteiger partial charge in [-0.15, -0.1) is 0 Å². The number of benzene rings is 2. The van der Waals surface area contributed by atoms with E-state index < -0.39 is 22.6 Å². The molecule has 2 aromatic rings. The number of imide groups is 1. The van der Waals surface area contributed by atoms with Crippen LogP contribution in [0.2, 0.25) is 0 Å². The summed E-state index contributed by atoms with van der Waals surface area (Å²) in [6, 6.07) is 11.1. The van der Waals surface area contributed by atoms with Crippen LogP contribution < -0.4 is 4.90 Å². The Morgan fingerprint density at radius 2 is 1.55 bits per heavy atom. The molecule has 0 saturated carbocycles. The van der Waals surface area contributed by atoms with Crippen molar-refractivity contribution in [3.05, 3.63) is 75.7 Å². The first kappa shape index (κ1) is 18.8. The van der Waals surface area contributed by atoms with Gasteiger partial charge in [0.25, 0.3) is 17.5 Å². The number of likely N-dealkylation sites (tertiary alicyclic amines) is 1. The number of anilines is 1. The van der Waals surface area contributed by atoms with Crippen LogP contribution in [0.1, 0.15) is 24.8 Å². The van der Waals surface area contributed by atoms with E-state index in [4.69, 9.17) is 0 Å². The Kier molecular flexibility index (Phi) is 4.84. The SMILES string of the molecule is O=C1C(c2ccc([N+](=O)[O-])cc2)=C(N2CCCCC2)C(=O)N1c1ccccc1F. The molecule has 8 heteroatoms. The summed E-state index contributed by atoms with van der Waals surface area (Å²) in [7, 11) is 0. The van der Waals surface area contributed by atoms with Crippen molar-refractivity contribution < 1.29 is 18.9 Å². The molecular weight excluding hydrogens is 377 g/mol. The third-order valence-corrected chi connectivity index (χ3v) is 5.19. The molecule has 0 radical (unpaired) electrons. The first-order chi connectivity index (χ1) is 14.0. The van der Waals surface area contributed by atoms with Crippen LogP contribution in [-0.2, 0) is 9.59 Å². The summed E-state index contributed by atoms with van der Waals surface area (Å²) < 4.78 is 14.4. The number of non-ortho nitro benzene ring substituents is 1. The van der Waals surface area contributed by atoms with Crippen LogP contribution in [-0.4, -0.2) is 34.7 Å². The molecule has 7 nitrogen and oxygen atoms in total. The predicted molar refractivity (Wildman–Crippen MR) is 104 cm³/mol. The quantitative estimate of drug-likeness (QED) is 0.449. The van der Waals surface area contributed by atoms with Crippen LogP contribution in [0.25, 0.3) is 5.57 Å². The van der Waals surface area contributed by atoms with Crippen molar-refractivity contribution in [2.24, 2.45) is 0 Å². The van der Waals surface area contributed by atoms with E-state index >= 15 is 0 Å². The standard InChI is InChI=1S/C21H18FN3O4/c22-16-6-2-3-7-17(16)24-20(26)18(14-8-10-15(11-9-14)25(28)29)19(21(24)27)23-12-4-1-5-13-23/h2-3,6-11H,1,4-5,12-13H2. The topological polar surface area (TPSA) is 83.8 Å². The fourth-order valence-electron chi connectivity index (χ4n) is 3.79. The Hall–Kier alpha value is -3.55. The number of hydrogen-bond donors (Lipinski definition) is 0. The monoisotopic (exact) mass is 395 g/mol. The first-order valence-electron chi connectivity index (χ1n) is 9.36. The van der Waals surface area contributed by atoms with E-state index in [1.54, 1.807) is 6.07 Å². The van der Waals surface area contributed by atoms with Gasteiger partial charge in [0.05, 0.1) is 16.2 Å². The van der Waals surface area contributed by atoms with Crippen molar-refractivity contribution in [2.75, 3.05) is 18.0 Å². The van der Waals surface area contributed by atoms with Gasteiger partial charge in [-0.2, -0.15) is 0 Å². The van der Waals surface area contributed by atoms with Gasteiger partial charge in [-0.05, 0) is 49.1 Å². The summed E-state index contributed by atoms with van der Waals surface area (Å²) in [5, 5.41) is 11.0. The highest BCUT2D eigenvalue weighted by molar-refractivity contribution is 6.45. The van der Waals surface area contributed by atoms with Gasteiger partial charge in [0.2, 0.25) is 0 Å². The average molecular weight is 395 g/mol. The molecule has 2 aliphatic rings. The van der Waals surface area contributed by atoms with Gasteiger partial charge in [0.1, 0.15) is 11.5 Å². The molecule has 2 aliphatic heterocycles. The molecule has 29 heavy (non-hydrogen) atoms. The number of para-hydroxylation sites is 1. The lowest BCUT2D eigenvalue weighted by molar-refractivity contribution is -0.384. The summed E-state index contributed by atoms with van der Waals surface area (Å²) in [5.74, 6) is -1.87.